The summed E-state index contributed by atoms with van der Waals surface area (Å²) in [5.74, 6) is -1.17. The summed E-state index contributed by atoms with van der Waals surface area (Å²) in [7, 11) is 0. The minimum atomic E-state index is -0.953. The number of aliphatic hydroxyl groups is 1. The molecular weight excluding hydrogens is 320 g/mol. The summed E-state index contributed by atoms with van der Waals surface area (Å²) in [5, 5.41) is 24.1. The van der Waals surface area contributed by atoms with Crippen molar-refractivity contribution in [3.8, 4) is 0 Å². The summed E-state index contributed by atoms with van der Waals surface area (Å²) in [6.45, 7) is 2.29. The van der Waals surface area contributed by atoms with Crippen molar-refractivity contribution in [2.24, 2.45) is 0 Å². The fraction of sp³-hybridized carbons (Fsp3) is 0.263. The number of carbonyl (C=O) groups excluding carboxylic acids is 1. The molecule has 1 amide bonds. The maximum atomic E-state index is 12.1. The Kier molecular flexibility index (Phi) is 6.54. The summed E-state index contributed by atoms with van der Waals surface area (Å²) in [6.07, 6.45) is 0.664. The molecule has 0 bridgehead atoms. The van der Waals surface area contributed by atoms with Gasteiger partial charge in [-0.05, 0) is 48.4 Å². The summed E-state index contributed by atoms with van der Waals surface area (Å²) >= 11 is 0. The molecule has 1 atom stereocenters. The van der Waals surface area contributed by atoms with Gasteiger partial charge >= 0.3 is 5.97 Å². The SMILES string of the molecule is CCC(CO)NC(=O)c1ccc(NCc2cccc(C(=O)O)c2)cc1. The van der Waals surface area contributed by atoms with Crippen LogP contribution in [0.3, 0.4) is 0 Å². The Labute approximate surface area is 146 Å². The van der Waals surface area contributed by atoms with E-state index >= 15 is 0 Å². The quantitative estimate of drug-likeness (QED) is 0.591. The van der Waals surface area contributed by atoms with E-state index in [0.29, 0.717) is 18.5 Å². The lowest BCUT2D eigenvalue weighted by Crippen LogP contribution is -2.36. The Morgan fingerprint density at radius 1 is 1.08 bits per heavy atom. The molecule has 0 aliphatic heterocycles. The maximum absolute atomic E-state index is 12.1. The van der Waals surface area contributed by atoms with Gasteiger partial charge in [-0.3, -0.25) is 4.79 Å². The zero-order valence-corrected chi connectivity index (χ0v) is 14.0. The van der Waals surface area contributed by atoms with Gasteiger partial charge in [0.1, 0.15) is 0 Å². The Morgan fingerprint density at radius 2 is 1.80 bits per heavy atom. The predicted molar refractivity (Wildman–Crippen MR) is 95.8 cm³/mol. The number of aliphatic hydroxyl groups excluding tert-OH is 1. The molecule has 4 N–H and O–H groups in total. The number of aromatic carboxylic acids is 1. The monoisotopic (exact) mass is 342 g/mol. The average molecular weight is 342 g/mol. The van der Waals surface area contributed by atoms with Crippen molar-refractivity contribution in [2.45, 2.75) is 25.9 Å². The van der Waals surface area contributed by atoms with Crippen LogP contribution in [0.25, 0.3) is 0 Å². The van der Waals surface area contributed by atoms with E-state index in [4.69, 9.17) is 10.2 Å². The lowest BCUT2D eigenvalue weighted by atomic mass is 10.1. The lowest BCUT2D eigenvalue weighted by molar-refractivity contribution is 0.0696. The second-order valence-electron chi connectivity index (χ2n) is 5.70. The maximum Gasteiger partial charge on any atom is 0.335 e. The lowest BCUT2D eigenvalue weighted by Gasteiger charge is -2.14. The number of carboxylic acid groups (broad SMARTS) is 1. The number of hydrogen-bond acceptors (Lipinski definition) is 4. The van der Waals surface area contributed by atoms with E-state index in [2.05, 4.69) is 10.6 Å². The summed E-state index contributed by atoms with van der Waals surface area (Å²) in [4.78, 5) is 23.0. The van der Waals surface area contributed by atoms with Crippen molar-refractivity contribution >= 4 is 17.6 Å². The molecule has 0 fully saturated rings. The van der Waals surface area contributed by atoms with Crippen LogP contribution in [0.1, 0.15) is 39.6 Å². The molecule has 0 aliphatic carbocycles. The van der Waals surface area contributed by atoms with Crippen molar-refractivity contribution in [3.63, 3.8) is 0 Å². The van der Waals surface area contributed by atoms with E-state index < -0.39 is 5.97 Å². The standard InChI is InChI=1S/C19H22N2O4/c1-2-16(12-22)21-18(23)14-6-8-17(9-7-14)20-11-13-4-3-5-15(10-13)19(24)25/h3-10,16,20,22H,2,11-12H2,1H3,(H,21,23)(H,24,25). The smallest absolute Gasteiger partial charge is 0.335 e. The first-order chi connectivity index (χ1) is 12.0. The van der Waals surface area contributed by atoms with E-state index in [1.165, 1.54) is 0 Å². The van der Waals surface area contributed by atoms with Crippen molar-refractivity contribution in [3.05, 3.63) is 65.2 Å². The van der Waals surface area contributed by atoms with E-state index in [1.54, 1.807) is 42.5 Å². The average Bonchev–Trinajstić information content (AvgIpc) is 2.64. The third-order valence-corrected chi connectivity index (χ3v) is 3.87. The molecular formula is C19H22N2O4. The Morgan fingerprint density at radius 3 is 2.40 bits per heavy atom. The molecule has 2 rings (SSSR count). The highest BCUT2D eigenvalue weighted by Gasteiger charge is 2.11. The third-order valence-electron chi connectivity index (χ3n) is 3.87. The number of hydrogen-bond donors (Lipinski definition) is 4. The summed E-state index contributed by atoms with van der Waals surface area (Å²) in [6, 6.07) is 13.5. The van der Waals surface area contributed by atoms with Crippen LogP contribution in [0.5, 0.6) is 0 Å². The molecule has 6 nitrogen and oxygen atoms in total. The summed E-state index contributed by atoms with van der Waals surface area (Å²) < 4.78 is 0. The highest BCUT2D eigenvalue weighted by molar-refractivity contribution is 5.94. The van der Waals surface area contributed by atoms with Gasteiger partial charge in [-0.2, -0.15) is 0 Å². The van der Waals surface area contributed by atoms with Crippen LogP contribution in [0.15, 0.2) is 48.5 Å². The van der Waals surface area contributed by atoms with Crippen LogP contribution < -0.4 is 10.6 Å². The van der Waals surface area contributed by atoms with Crippen LogP contribution in [0, 0.1) is 0 Å². The first-order valence-electron chi connectivity index (χ1n) is 8.11. The first-order valence-corrected chi connectivity index (χ1v) is 8.11. The molecule has 0 saturated heterocycles. The molecule has 0 radical (unpaired) electrons. The minimum absolute atomic E-state index is 0.0860. The molecule has 25 heavy (non-hydrogen) atoms. The van der Waals surface area contributed by atoms with Crippen LogP contribution in [-0.4, -0.2) is 34.7 Å². The van der Waals surface area contributed by atoms with Gasteiger partial charge in [0.2, 0.25) is 0 Å². The van der Waals surface area contributed by atoms with Gasteiger partial charge in [0.25, 0.3) is 5.91 Å². The Bertz CT molecular complexity index is 724. The fourth-order valence-corrected chi connectivity index (χ4v) is 2.30. The van der Waals surface area contributed by atoms with Gasteiger partial charge in [0, 0.05) is 17.8 Å². The molecule has 0 spiro atoms. The number of carbonyl (C=O) groups is 2. The number of amides is 1. The third kappa shape index (κ3) is 5.32. The van der Waals surface area contributed by atoms with Crippen molar-refractivity contribution in [2.75, 3.05) is 11.9 Å². The number of rotatable bonds is 8. The molecule has 2 aromatic carbocycles. The van der Waals surface area contributed by atoms with Gasteiger partial charge in [-0.1, -0.05) is 19.1 Å². The largest absolute Gasteiger partial charge is 0.478 e. The van der Waals surface area contributed by atoms with Crippen molar-refractivity contribution < 1.29 is 19.8 Å². The van der Waals surface area contributed by atoms with Crippen LogP contribution in [0.2, 0.25) is 0 Å². The summed E-state index contributed by atoms with van der Waals surface area (Å²) in [5.41, 5.74) is 2.45. The Balaban J connectivity index is 1.95. The molecule has 0 aliphatic rings. The van der Waals surface area contributed by atoms with Crippen molar-refractivity contribution in [1.82, 2.24) is 5.32 Å². The van der Waals surface area contributed by atoms with E-state index in [9.17, 15) is 9.59 Å². The molecule has 1 unspecified atom stereocenters. The van der Waals surface area contributed by atoms with E-state index in [1.807, 2.05) is 13.0 Å². The number of carboxylic acids is 1. The molecule has 0 heterocycles. The number of benzene rings is 2. The normalized spacial score (nSPS) is 11.6. The molecule has 6 heteroatoms. The van der Waals surface area contributed by atoms with Crippen LogP contribution in [-0.2, 0) is 6.54 Å². The van der Waals surface area contributed by atoms with Crippen LogP contribution >= 0.6 is 0 Å². The van der Waals surface area contributed by atoms with Crippen molar-refractivity contribution in [1.29, 1.82) is 0 Å². The number of anilines is 1. The van der Waals surface area contributed by atoms with E-state index in [-0.39, 0.29) is 24.1 Å². The van der Waals surface area contributed by atoms with Gasteiger partial charge in [0.05, 0.1) is 18.2 Å². The van der Waals surface area contributed by atoms with Gasteiger partial charge in [0.15, 0.2) is 0 Å². The topological polar surface area (TPSA) is 98.7 Å². The van der Waals surface area contributed by atoms with Gasteiger partial charge < -0.3 is 20.8 Å². The highest BCUT2D eigenvalue weighted by Crippen LogP contribution is 2.13. The van der Waals surface area contributed by atoms with Gasteiger partial charge in [-0.25, -0.2) is 4.79 Å². The zero-order chi connectivity index (χ0) is 18.2. The van der Waals surface area contributed by atoms with Gasteiger partial charge in [-0.15, -0.1) is 0 Å². The predicted octanol–water partition coefficient (Wildman–Crippen LogP) is 2.50. The molecule has 2 aromatic rings. The highest BCUT2D eigenvalue weighted by atomic mass is 16.4. The molecule has 132 valence electrons. The second kappa shape index (κ2) is 8.84. The minimum Gasteiger partial charge on any atom is -0.478 e. The number of nitrogens with one attached hydrogen (secondary N) is 2. The van der Waals surface area contributed by atoms with Crippen LogP contribution in [0.4, 0.5) is 5.69 Å². The molecule has 0 saturated carbocycles. The second-order valence-corrected chi connectivity index (χ2v) is 5.70. The molecule has 0 aromatic heterocycles. The van der Waals surface area contributed by atoms with E-state index in [0.717, 1.165) is 11.3 Å². The zero-order valence-electron chi connectivity index (χ0n) is 14.0. The first kappa shape index (κ1) is 18.5. The Hall–Kier alpha value is -2.86. The fourth-order valence-electron chi connectivity index (χ4n) is 2.30.